The number of rotatable bonds is 2. The first-order valence-corrected chi connectivity index (χ1v) is 2.59. The van der Waals surface area contributed by atoms with Crippen LogP contribution in [0.3, 0.4) is 0 Å². The molecule has 0 spiro atoms. The summed E-state index contributed by atoms with van der Waals surface area (Å²) in [6.07, 6.45) is 0. The molecule has 0 aliphatic heterocycles. The predicted molar refractivity (Wildman–Crippen MR) is 34.3 cm³/mol. The van der Waals surface area contributed by atoms with Crippen LogP contribution in [-0.2, 0) is 0 Å². The molecule has 0 saturated carbocycles. The summed E-state index contributed by atoms with van der Waals surface area (Å²) in [4.78, 5) is 0. The minimum Gasteiger partial charge on any atom is -1.00 e. The first-order valence-electron chi connectivity index (χ1n) is 2.59. The second-order valence-corrected chi connectivity index (χ2v) is 2.74. The fourth-order valence-corrected chi connectivity index (χ4v) is 0.212. The summed E-state index contributed by atoms with van der Waals surface area (Å²) >= 11 is 0. The van der Waals surface area contributed by atoms with Crippen molar-refractivity contribution in [3.8, 4) is 0 Å². The number of hydrogen-bond donors (Lipinski definition) is 1. The zero-order chi connectivity index (χ0) is 6.78. The normalized spacial score (nSPS) is 10.2. The second kappa shape index (κ2) is 3.88. The van der Waals surface area contributed by atoms with Crippen molar-refractivity contribution >= 4 is 0 Å². The summed E-state index contributed by atoms with van der Waals surface area (Å²) < 4.78 is 0.635. The molecule has 0 amide bonds. The number of halogens is 1. The maximum Gasteiger partial charge on any atom is 0.127 e. The summed E-state index contributed by atoms with van der Waals surface area (Å²) in [6.45, 7) is 3.74. The molecule has 0 heterocycles. The lowest BCUT2D eigenvalue weighted by Gasteiger charge is -2.23. The van der Waals surface area contributed by atoms with E-state index >= 15 is 0 Å². The van der Waals surface area contributed by atoms with Crippen LogP contribution < -0.4 is 12.4 Å². The first kappa shape index (κ1) is 11.7. The van der Waals surface area contributed by atoms with Crippen LogP contribution >= 0.6 is 0 Å². The standard InChI is InChI=1S/C6H14NO.ClH/c1-6(5-8)7(2,3)4;/h8H,1,5H2,2-4H3;1H/q+1;/p-1. The molecule has 0 aliphatic rings. The lowest BCUT2D eigenvalue weighted by Crippen LogP contribution is -3.00. The van der Waals surface area contributed by atoms with Crippen molar-refractivity contribution in [3.05, 3.63) is 12.3 Å². The Hall–Kier alpha value is -0.0500. The molecular formula is C6H14ClNO. The highest BCUT2D eigenvalue weighted by atomic mass is 35.5. The number of hydrogen-bond acceptors (Lipinski definition) is 1. The Kier molecular flexibility index (Phi) is 5.05. The van der Waals surface area contributed by atoms with Gasteiger partial charge in [-0.25, -0.2) is 0 Å². The van der Waals surface area contributed by atoms with Crippen molar-refractivity contribution in [3.63, 3.8) is 0 Å². The SMILES string of the molecule is C=C(CO)[N+](C)(C)C.[Cl-]. The van der Waals surface area contributed by atoms with Gasteiger partial charge in [-0.15, -0.1) is 0 Å². The molecule has 3 heteroatoms. The van der Waals surface area contributed by atoms with Crippen LogP contribution in [0.25, 0.3) is 0 Å². The van der Waals surface area contributed by atoms with Gasteiger partial charge in [0.25, 0.3) is 0 Å². The number of nitrogens with zero attached hydrogens (tertiary/aromatic N) is 1. The molecule has 0 rings (SSSR count). The van der Waals surface area contributed by atoms with Crippen LogP contribution in [0.1, 0.15) is 0 Å². The second-order valence-electron chi connectivity index (χ2n) is 2.74. The maximum atomic E-state index is 8.56. The summed E-state index contributed by atoms with van der Waals surface area (Å²) in [6, 6.07) is 0. The Labute approximate surface area is 62.8 Å². The summed E-state index contributed by atoms with van der Waals surface area (Å²) in [5.41, 5.74) is 0.824. The van der Waals surface area contributed by atoms with Crippen molar-refractivity contribution < 1.29 is 22.0 Å². The third-order valence-corrected chi connectivity index (χ3v) is 1.13. The van der Waals surface area contributed by atoms with E-state index in [2.05, 4.69) is 6.58 Å². The van der Waals surface area contributed by atoms with Crippen molar-refractivity contribution in [2.24, 2.45) is 0 Å². The van der Waals surface area contributed by atoms with Gasteiger partial charge in [-0.05, 0) is 6.58 Å². The van der Waals surface area contributed by atoms with Gasteiger partial charge in [-0.2, -0.15) is 0 Å². The molecule has 0 aliphatic carbocycles. The number of aliphatic hydroxyl groups excluding tert-OH is 1. The van der Waals surface area contributed by atoms with Crippen LogP contribution in [0, 0.1) is 0 Å². The monoisotopic (exact) mass is 151 g/mol. The molecule has 0 fully saturated rings. The van der Waals surface area contributed by atoms with E-state index in [4.69, 9.17) is 5.11 Å². The van der Waals surface area contributed by atoms with Gasteiger partial charge in [0, 0.05) is 0 Å². The first-order chi connectivity index (χ1) is 3.48. The lowest BCUT2D eigenvalue weighted by atomic mass is 10.4. The van der Waals surface area contributed by atoms with Crippen molar-refractivity contribution in [2.75, 3.05) is 27.7 Å². The summed E-state index contributed by atoms with van der Waals surface area (Å²) in [7, 11) is 5.91. The number of quaternary nitrogens is 1. The molecule has 0 bridgehead atoms. The third-order valence-electron chi connectivity index (χ3n) is 1.13. The minimum atomic E-state index is 0. The van der Waals surface area contributed by atoms with E-state index in [-0.39, 0.29) is 19.0 Å². The minimum absolute atomic E-state index is 0. The highest BCUT2D eigenvalue weighted by Gasteiger charge is 2.10. The van der Waals surface area contributed by atoms with E-state index in [1.807, 2.05) is 21.1 Å². The van der Waals surface area contributed by atoms with Crippen LogP contribution in [0.4, 0.5) is 0 Å². The molecule has 0 aromatic carbocycles. The molecule has 0 atom stereocenters. The Balaban J connectivity index is 0. The zero-order valence-electron chi connectivity index (χ0n) is 6.19. The molecule has 0 aromatic rings. The molecule has 0 unspecified atom stereocenters. The van der Waals surface area contributed by atoms with E-state index in [1.54, 1.807) is 0 Å². The van der Waals surface area contributed by atoms with E-state index in [1.165, 1.54) is 0 Å². The largest absolute Gasteiger partial charge is 1.00 e. The van der Waals surface area contributed by atoms with Gasteiger partial charge in [0.15, 0.2) is 0 Å². The molecule has 2 nitrogen and oxygen atoms in total. The van der Waals surface area contributed by atoms with Crippen molar-refractivity contribution in [1.29, 1.82) is 0 Å². The Morgan fingerprint density at radius 1 is 1.44 bits per heavy atom. The van der Waals surface area contributed by atoms with Crippen molar-refractivity contribution in [2.45, 2.75) is 0 Å². The number of aliphatic hydroxyl groups is 1. The Bertz CT molecular complexity index is 95.7. The Morgan fingerprint density at radius 2 is 1.78 bits per heavy atom. The van der Waals surface area contributed by atoms with E-state index in [9.17, 15) is 0 Å². The molecule has 0 saturated heterocycles. The van der Waals surface area contributed by atoms with Gasteiger partial charge in [-0.3, -0.25) is 0 Å². The fourth-order valence-electron chi connectivity index (χ4n) is 0.212. The summed E-state index contributed by atoms with van der Waals surface area (Å²) in [5, 5.41) is 8.56. The number of likely N-dealkylation sites (N-methyl/N-ethyl adjacent to an activating group) is 1. The third kappa shape index (κ3) is 4.45. The van der Waals surface area contributed by atoms with Crippen LogP contribution in [0.2, 0.25) is 0 Å². The van der Waals surface area contributed by atoms with Crippen LogP contribution in [-0.4, -0.2) is 37.3 Å². The van der Waals surface area contributed by atoms with Gasteiger partial charge in [-0.1, -0.05) is 0 Å². The van der Waals surface area contributed by atoms with Gasteiger partial charge >= 0.3 is 0 Å². The van der Waals surface area contributed by atoms with Gasteiger partial charge in [0.2, 0.25) is 0 Å². The van der Waals surface area contributed by atoms with Crippen molar-refractivity contribution in [1.82, 2.24) is 0 Å². The summed E-state index contributed by atoms with van der Waals surface area (Å²) in [5.74, 6) is 0. The van der Waals surface area contributed by atoms with Crippen LogP contribution in [0.15, 0.2) is 12.3 Å². The van der Waals surface area contributed by atoms with E-state index in [0.29, 0.717) is 4.48 Å². The zero-order valence-corrected chi connectivity index (χ0v) is 6.94. The highest BCUT2D eigenvalue weighted by molar-refractivity contribution is 4.79. The van der Waals surface area contributed by atoms with E-state index in [0.717, 1.165) is 5.70 Å². The fraction of sp³-hybridized carbons (Fsp3) is 0.667. The quantitative estimate of drug-likeness (QED) is 0.423. The molecule has 1 N–H and O–H groups in total. The molecule has 0 aromatic heterocycles. The Morgan fingerprint density at radius 3 is 1.78 bits per heavy atom. The van der Waals surface area contributed by atoms with E-state index < -0.39 is 0 Å². The maximum absolute atomic E-state index is 8.56. The smallest absolute Gasteiger partial charge is 0.127 e. The lowest BCUT2D eigenvalue weighted by molar-refractivity contribution is -0.832. The van der Waals surface area contributed by atoms with Gasteiger partial charge < -0.3 is 22.0 Å². The predicted octanol–water partition coefficient (Wildman–Crippen LogP) is -2.80. The average Bonchev–Trinajstić information content (AvgIpc) is 1.62. The highest BCUT2D eigenvalue weighted by Crippen LogP contribution is 2.01. The molecular weight excluding hydrogens is 138 g/mol. The topological polar surface area (TPSA) is 20.2 Å². The van der Waals surface area contributed by atoms with Gasteiger partial charge in [0.05, 0.1) is 21.1 Å². The average molecular weight is 152 g/mol. The molecule has 56 valence electrons. The van der Waals surface area contributed by atoms with Crippen LogP contribution in [0.5, 0.6) is 0 Å². The molecule has 0 radical (unpaired) electrons. The van der Waals surface area contributed by atoms with Gasteiger partial charge in [0.1, 0.15) is 12.3 Å². The molecule has 9 heavy (non-hydrogen) atoms.